The number of carbonyl (C=O) groups is 1. The maximum absolute atomic E-state index is 11.6. The van der Waals surface area contributed by atoms with E-state index in [0.717, 1.165) is 17.7 Å². The molecule has 0 saturated heterocycles. The molecular formula is C14H21NO. The molecule has 0 aliphatic heterocycles. The third kappa shape index (κ3) is 5.06. The van der Waals surface area contributed by atoms with Gasteiger partial charge in [-0.05, 0) is 25.0 Å². The quantitative estimate of drug-likeness (QED) is 0.657. The smallest absolute Gasteiger partial charge is 0.138 e. The Balaban J connectivity index is 2.26. The molecule has 0 aliphatic rings. The van der Waals surface area contributed by atoms with E-state index < -0.39 is 0 Å². The fourth-order valence-electron chi connectivity index (χ4n) is 1.64. The first kappa shape index (κ1) is 12.9. The van der Waals surface area contributed by atoms with Crippen molar-refractivity contribution in [2.75, 3.05) is 0 Å². The van der Waals surface area contributed by atoms with Crippen LogP contribution in [0.3, 0.4) is 0 Å². The van der Waals surface area contributed by atoms with E-state index >= 15 is 0 Å². The van der Waals surface area contributed by atoms with Gasteiger partial charge in [-0.25, -0.2) is 0 Å². The molecule has 0 N–H and O–H groups in total. The number of hydrogen-bond donors (Lipinski definition) is 0. The summed E-state index contributed by atoms with van der Waals surface area (Å²) in [7, 11) is 0. The summed E-state index contributed by atoms with van der Waals surface area (Å²) in [5, 5.41) is 0. The Hall–Kier alpha value is -1.18. The molecule has 0 unspecified atom stereocenters. The van der Waals surface area contributed by atoms with Gasteiger partial charge in [0.2, 0.25) is 0 Å². The van der Waals surface area contributed by atoms with E-state index in [0.29, 0.717) is 18.6 Å². The number of nitrogens with zero attached hydrogens (tertiary/aromatic N) is 1. The summed E-state index contributed by atoms with van der Waals surface area (Å²) < 4.78 is 0. The second-order valence-corrected chi connectivity index (χ2v) is 4.35. The summed E-state index contributed by atoms with van der Waals surface area (Å²) in [6, 6.07) is 3.95. The Morgan fingerprint density at radius 3 is 2.69 bits per heavy atom. The minimum Gasteiger partial charge on any atom is -0.299 e. The van der Waals surface area contributed by atoms with Crippen LogP contribution < -0.4 is 0 Å². The summed E-state index contributed by atoms with van der Waals surface area (Å²) in [5.74, 6) is 0.312. The van der Waals surface area contributed by atoms with E-state index in [1.165, 1.54) is 19.3 Å². The van der Waals surface area contributed by atoms with Crippen LogP contribution in [0.4, 0.5) is 0 Å². The summed E-state index contributed by atoms with van der Waals surface area (Å²) in [4.78, 5) is 15.9. The summed E-state index contributed by atoms with van der Waals surface area (Å²) in [6.07, 6.45) is 7.66. The Kier molecular flexibility index (Phi) is 5.76. The van der Waals surface area contributed by atoms with Crippen molar-refractivity contribution in [1.29, 1.82) is 0 Å². The Morgan fingerprint density at radius 2 is 2.06 bits per heavy atom. The zero-order valence-electron chi connectivity index (χ0n) is 10.3. The van der Waals surface area contributed by atoms with Gasteiger partial charge in [-0.15, -0.1) is 0 Å². The molecule has 88 valence electrons. The normalized spacial score (nSPS) is 10.4. The van der Waals surface area contributed by atoms with Crippen molar-refractivity contribution in [2.24, 2.45) is 0 Å². The van der Waals surface area contributed by atoms with Crippen LogP contribution in [-0.2, 0) is 11.2 Å². The maximum Gasteiger partial charge on any atom is 0.138 e. The molecular weight excluding hydrogens is 198 g/mol. The predicted octanol–water partition coefficient (Wildman–Crippen LogP) is 3.47. The molecule has 1 aromatic heterocycles. The maximum atomic E-state index is 11.6. The van der Waals surface area contributed by atoms with Crippen LogP contribution >= 0.6 is 0 Å². The number of rotatable bonds is 7. The van der Waals surface area contributed by atoms with Gasteiger partial charge in [0.15, 0.2) is 0 Å². The Labute approximate surface area is 98.1 Å². The molecule has 1 rings (SSSR count). The molecule has 0 fully saturated rings. The van der Waals surface area contributed by atoms with Crippen molar-refractivity contribution in [3.63, 3.8) is 0 Å². The van der Waals surface area contributed by atoms with Crippen LogP contribution in [0.25, 0.3) is 0 Å². The van der Waals surface area contributed by atoms with Gasteiger partial charge in [0.05, 0.1) is 0 Å². The molecule has 0 radical (unpaired) electrons. The van der Waals surface area contributed by atoms with E-state index in [1.54, 1.807) is 0 Å². The summed E-state index contributed by atoms with van der Waals surface area (Å²) in [6.45, 7) is 4.18. The number of pyridine rings is 1. The monoisotopic (exact) mass is 219 g/mol. The molecule has 0 amide bonds. The van der Waals surface area contributed by atoms with E-state index in [-0.39, 0.29) is 0 Å². The molecule has 0 aliphatic carbocycles. The van der Waals surface area contributed by atoms with Gasteiger partial charge in [0, 0.05) is 24.7 Å². The second kappa shape index (κ2) is 7.15. The largest absolute Gasteiger partial charge is 0.299 e. The molecule has 0 atom stereocenters. The van der Waals surface area contributed by atoms with Gasteiger partial charge >= 0.3 is 0 Å². The second-order valence-electron chi connectivity index (χ2n) is 4.35. The van der Waals surface area contributed by atoms with Gasteiger partial charge in [-0.1, -0.05) is 32.3 Å². The van der Waals surface area contributed by atoms with Gasteiger partial charge in [0.1, 0.15) is 5.78 Å². The van der Waals surface area contributed by atoms with E-state index in [4.69, 9.17) is 0 Å². The van der Waals surface area contributed by atoms with Gasteiger partial charge in [-0.3, -0.25) is 9.78 Å². The van der Waals surface area contributed by atoms with Crippen LogP contribution in [0.15, 0.2) is 18.3 Å². The number of Topliss-reactive ketones (excluding diaryl/α,β-unsaturated/α-hetero) is 1. The lowest BCUT2D eigenvalue weighted by molar-refractivity contribution is -0.118. The third-order valence-corrected chi connectivity index (χ3v) is 2.66. The van der Waals surface area contributed by atoms with Crippen molar-refractivity contribution in [2.45, 2.75) is 52.4 Å². The molecule has 0 spiro atoms. The average Bonchev–Trinajstić information content (AvgIpc) is 2.28. The van der Waals surface area contributed by atoms with Gasteiger partial charge in [0.25, 0.3) is 0 Å². The zero-order valence-corrected chi connectivity index (χ0v) is 10.3. The fourth-order valence-corrected chi connectivity index (χ4v) is 1.64. The van der Waals surface area contributed by atoms with Crippen LogP contribution in [0, 0.1) is 6.92 Å². The lowest BCUT2D eigenvalue weighted by Gasteiger charge is -2.01. The van der Waals surface area contributed by atoms with Crippen LogP contribution in [0.5, 0.6) is 0 Å². The predicted molar refractivity (Wildman–Crippen MR) is 66.4 cm³/mol. The molecule has 1 heterocycles. The highest BCUT2D eigenvalue weighted by molar-refractivity contribution is 5.80. The molecule has 2 nitrogen and oxygen atoms in total. The van der Waals surface area contributed by atoms with Gasteiger partial charge < -0.3 is 0 Å². The number of hydrogen-bond acceptors (Lipinski definition) is 2. The van der Waals surface area contributed by atoms with Crippen molar-refractivity contribution in [3.05, 3.63) is 29.6 Å². The molecule has 0 bridgehead atoms. The minimum atomic E-state index is 0.312. The van der Waals surface area contributed by atoms with E-state index in [1.807, 2.05) is 25.3 Å². The van der Waals surface area contributed by atoms with E-state index in [2.05, 4.69) is 11.9 Å². The highest BCUT2D eigenvalue weighted by Gasteiger charge is 2.04. The molecule has 2 heteroatoms. The van der Waals surface area contributed by atoms with Crippen molar-refractivity contribution in [1.82, 2.24) is 4.98 Å². The Morgan fingerprint density at radius 1 is 1.25 bits per heavy atom. The van der Waals surface area contributed by atoms with E-state index in [9.17, 15) is 4.79 Å². The van der Waals surface area contributed by atoms with Crippen molar-refractivity contribution in [3.8, 4) is 0 Å². The van der Waals surface area contributed by atoms with Crippen molar-refractivity contribution >= 4 is 5.78 Å². The number of unbranched alkanes of at least 4 members (excludes halogenated alkanes) is 3. The third-order valence-electron chi connectivity index (χ3n) is 2.66. The average molecular weight is 219 g/mol. The number of ketones is 1. The van der Waals surface area contributed by atoms with Gasteiger partial charge in [-0.2, -0.15) is 0 Å². The molecule has 1 aromatic rings. The molecule has 16 heavy (non-hydrogen) atoms. The van der Waals surface area contributed by atoms with Crippen LogP contribution in [0.2, 0.25) is 0 Å². The molecule has 0 saturated carbocycles. The van der Waals surface area contributed by atoms with Crippen LogP contribution in [0.1, 0.15) is 50.3 Å². The molecule has 0 aromatic carbocycles. The SMILES string of the molecule is CCCCCCC(=O)Cc1ccc(C)cn1. The number of aromatic nitrogens is 1. The summed E-state index contributed by atoms with van der Waals surface area (Å²) >= 11 is 0. The van der Waals surface area contributed by atoms with Crippen LogP contribution in [-0.4, -0.2) is 10.8 Å². The van der Waals surface area contributed by atoms with Crippen molar-refractivity contribution < 1.29 is 4.79 Å². The number of carbonyl (C=O) groups excluding carboxylic acids is 1. The fraction of sp³-hybridized carbons (Fsp3) is 0.571. The minimum absolute atomic E-state index is 0.312. The highest BCUT2D eigenvalue weighted by atomic mass is 16.1. The zero-order chi connectivity index (χ0) is 11.8. The Bertz CT molecular complexity index is 316. The first-order valence-corrected chi connectivity index (χ1v) is 6.15. The first-order valence-electron chi connectivity index (χ1n) is 6.15. The topological polar surface area (TPSA) is 30.0 Å². The standard InChI is InChI=1S/C14H21NO/c1-3-4-5-6-7-14(16)10-13-9-8-12(2)11-15-13/h8-9,11H,3-7,10H2,1-2H3. The number of aryl methyl sites for hydroxylation is 1. The summed E-state index contributed by atoms with van der Waals surface area (Å²) in [5.41, 5.74) is 2.03. The lowest BCUT2D eigenvalue weighted by Crippen LogP contribution is -2.04. The first-order chi connectivity index (χ1) is 7.72. The highest BCUT2D eigenvalue weighted by Crippen LogP contribution is 2.06. The lowest BCUT2D eigenvalue weighted by atomic mass is 10.1.